The van der Waals surface area contributed by atoms with Gasteiger partial charge in [-0.25, -0.2) is 0 Å². The molecule has 0 saturated carbocycles. The Bertz CT molecular complexity index is 380. The van der Waals surface area contributed by atoms with Crippen LogP contribution in [0.3, 0.4) is 0 Å². The minimum absolute atomic E-state index is 0.597. The van der Waals surface area contributed by atoms with Crippen LogP contribution in [-0.4, -0.2) is 13.4 Å². The highest BCUT2D eigenvalue weighted by Gasteiger charge is 2.13. The largest absolute Gasteiger partial charge is 0.497 e. The number of hydrogen-bond acceptors (Lipinski definition) is 2. The van der Waals surface area contributed by atoms with E-state index in [0.717, 1.165) is 17.6 Å². The SMILES string of the molecule is C=CC(C)(C=O)/C=C/c1ccc(OC)cc1. The normalized spacial score (nSPS) is 14.4. The number of methoxy groups -OCH3 is 1. The van der Waals surface area contributed by atoms with Crippen molar-refractivity contribution in [2.75, 3.05) is 7.11 Å². The van der Waals surface area contributed by atoms with E-state index in [9.17, 15) is 4.79 Å². The van der Waals surface area contributed by atoms with E-state index in [1.807, 2.05) is 43.3 Å². The lowest BCUT2D eigenvalue weighted by Gasteiger charge is -2.11. The number of allylic oxidation sites excluding steroid dienone is 2. The zero-order valence-electron chi connectivity index (χ0n) is 9.64. The number of hydrogen-bond donors (Lipinski definition) is 0. The molecule has 1 aromatic carbocycles. The first-order valence-corrected chi connectivity index (χ1v) is 5.07. The van der Waals surface area contributed by atoms with Gasteiger partial charge in [-0.2, -0.15) is 0 Å². The van der Waals surface area contributed by atoms with Crippen molar-refractivity contribution in [2.24, 2.45) is 5.41 Å². The molecule has 0 radical (unpaired) electrons. The minimum atomic E-state index is -0.597. The average Bonchev–Trinajstić information content (AvgIpc) is 2.36. The Morgan fingerprint density at radius 1 is 1.31 bits per heavy atom. The lowest BCUT2D eigenvalue weighted by Crippen LogP contribution is -2.09. The van der Waals surface area contributed by atoms with Crippen LogP contribution in [0.4, 0.5) is 0 Å². The van der Waals surface area contributed by atoms with Crippen molar-refractivity contribution in [2.45, 2.75) is 6.92 Å². The van der Waals surface area contributed by atoms with Gasteiger partial charge in [-0.3, -0.25) is 0 Å². The Hall–Kier alpha value is -1.83. The summed E-state index contributed by atoms with van der Waals surface area (Å²) in [5, 5.41) is 0. The van der Waals surface area contributed by atoms with E-state index < -0.39 is 5.41 Å². The first-order chi connectivity index (χ1) is 7.63. The molecule has 1 unspecified atom stereocenters. The summed E-state index contributed by atoms with van der Waals surface area (Å²) in [4.78, 5) is 10.8. The zero-order valence-corrected chi connectivity index (χ0v) is 9.64. The van der Waals surface area contributed by atoms with Crippen LogP contribution in [0.1, 0.15) is 12.5 Å². The second-order valence-electron chi connectivity index (χ2n) is 3.79. The second kappa shape index (κ2) is 5.31. The van der Waals surface area contributed by atoms with E-state index in [1.165, 1.54) is 0 Å². The van der Waals surface area contributed by atoms with Crippen molar-refractivity contribution in [1.82, 2.24) is 0 Å². The molecule has 0 bridgehead atoms. The van der Waals surface area contributed by atoms with Crippen molar-refractivity contribution in [3.63, 3.8) is 0 Å². The van der Waals surface area contributed by atoms with Crippen molar-refractivity contribution in [3.05, 3.63) is 48.6 Å². The van der Waals surface area contributed by atoms with E-state index in [4.69, 9.17) is 4.74 Å². The Kier molecular flexibility index (Phi) is 4.06. The third-order valence-electron chi connectivity index (χ3n) is 2.44. The molecule has 0 N–H and O–H groups in total. The number of carbonyl (C=O) groups excluding carboxylic acids is 1. The molecule has 0 fully saturated rings. The first-order valence-electron chi connectivity index (χ1n) is 5.07. The number of rotatable bonds is 5. The van der Waals surface area contributed by atoms with Gasteiger partial charge in [0.2, 0.25) is 0 Å². The Labute approximate surface area is 96.2 Å². The quantitative estimate of drug-likeness (QED) is 0.558. The maximum Gasteiger partial charge on any atom is 0.133 e. The predicted molar refractivity (Wildman–Crippen MR) is 66.4 cm³/mol. The standard InChI is InChI=1S/C14H16O2/c1-4-14(2,11-15)10-9-12-5-7-13(16-3)8-6-12/h4-11H,1H2,2-3H3/b10-9+. The van der Waals surface area contributed by atoms with Gasteiger partial charge in [0.25, 0.3) is 0 Å². The third kappa shape index (κ3) is 3.09. The van der Waals surface area contributed by atoms with Gasteiger partial charge >= 0.3 is 0 Å². The fourth-order valence-corrected chi connectivity index (χ4v) is 1.15. The molecule has 16 heavy (non-hydrogen) atoms. The molecule has 0 heterocycles. The lowest BCUT2D eigenvalue weighted by atomic mass is 9.92. The molecule has 84 valence electrons. The van der Waals surface area contributed by atoms with E-state index in [0.29, 0.717) is 0 Å². The number of aldehydes is 1. The summed E-state index contributed by atoms with van der Waals surface area (Å²) in [5.74, 6) is 0.819. The number of benzene rings is 1. The molecule has 0 aliphatic carbocycles. The zero-order chi connectivity index (χ0) is 12.0. The molecule has 0 aromatic heterocycles. The molecule has 0 aliphatic heterocycles. The van der Waals surface area contributed by atoms with Crippen molar-refractivity contribution in [1.29, 1.82) is 0 Å². The smallest absolute Gasteiger partial charge is 0.133 e. The van der Waals surface area contributed by atoms with E-state index >= 15 is 0 Å². The van der Waals surface area contributed by atoms with Crippen molar-refractivity contribution in [3.8, 4) is 5.75 Å². The third-order valence-corrected chi connectivity index (χ3v) is 2.44. The summed E-state index contributed by atoms with van der Waals surface area (Å²) in [6.45, 7) is 5.45. The molecule has 0 aliphatic rings. The van der Waals surface area contributed by atoms with Crippen molar-refractivity contribution >= 4 is 12.4 Å². The van der Waals surface area contributed by atoms with Gasteiger partial charge in [-0.05, 0) is 24.6 Å². The topological polar surface area (TPSA) is 26.3 Å². The fourth-order valence-electron chi connectivity index (χ4n) is 1.15. The molecule has 1 rings (SSSR count). The van der Waals surface area contributed by atoms with Crippen LogP contribution >= 0.6 is 0 Å². The molecule has 0 amide bonds. The maximum absolute atomic E-state index is 10.8. The van der Waals surface area contributed by atoms with Crippen LogP contribution in [0.25, 0.3) is 6.08 Å². The summed E-state index contributed by atoms with van der Waals surface area (Å²) >= 11 is 0. The first kappa shape index (κ1) is 12.2. The second-order valence-corrected chi connectivity index (χ2v) is 3.79. The fraction of sp³-hybridized carbons (Fsp3) is 0.214. The summed E-state index contributed by atoms with van der Waals surface area (Å²) in [7, 11) is 1.63. The Morgan fingerprint density at radius 2 is 1.94 bits per heavy atom. The van der Waals surface area contributed by atoms with Gasteiger partial charge in [0.05, 0.1) is 12.5 Å². The predicted octanol–water partition coefficient (Wildman–Crippen LogP) is 3.10. The molecule has 2 nitrogen and oxygen atoms in total. The summed E-state index contributed by atoms with van der Waals surface area (Å²) in [6, 6.07) is 7.63. The number of ether oxygens (including phenoxy) is 1. The highest BCUT2D eigenvalue weighted by atomic mass is 16.5. The highest BCUT2D eigenvalue weighted by molar-refractivity contribution is 5.68. The maximum atomic E-state index is 10.8. The minimum Gasteiger partial charge on any atom is -0.497 e. The van der Waals surface area contributed by atoms with Crippen LogP contribution in [-0.2, 0) is 4.79 Å². The molecule has 0 spiro atoms. The highest BCUT2D eigenvalue weighted by Crippen LogP contribution is 2.19. The summed E-state index contributed by atoms with van der Waals surface area (Å²) in [5.41, 5.74) is 0.427. The Morgan fingerprint density at radius 3 is 2.38 bits per heavy atom. The van der Waals surface area contributed by atoms with Gasteiger partial charge in [0.1, 0.15) is 12.0 Å². The van der Waals surface area contributed by atoms with E-state index in [2.05, 4.69) is 6.58 Å². The van der Waals surface area contributed by atoms with E-state index in [-0.39, 0.29) is 0 Å². The van der Waals surface area contributed by atoms with Crippen molar-refractivity contribution < 1.29 is 9.53 Å². The van der Waals surface area contributed by atoms with Crippen LogP contribution in [0.2, 0.25) is 0 Å². The summed E-state index contributed by atoms with van der Waals surface area (Å²) < 4.78 is 5.06. The molecule has 2 heteroatoms. The number of carbonyl (C=O) groups is 1. The van der Waals surface area contributed by atoms with Crippen LogP contribution in [0.5, 0.6) is 5.75 Å². The molecular weight excluding hydrogens is 200 g/mol. The molecule has 1 atom stereocenters. The molecule has 1 aromatic rings. The lowest BCUT2D eigenvalue weighted by molar-refractivity contribution is -0.111. The summed E-state index contributed by atoms with van der Waals surface area (Å²) in [6.07, 6.45) is 6.23. The Balaban J connectivity index is 2.83. The van der Waals surface area contributed by atoms with Gasteiger partial charge in [0, 0.05) is 0 Å². The molecular formula is C14H16O2. The van der Waals surface area contributed by atoms with E-state index in [1.54, 1.807) is 13.2 Å². The van der Waals surface area contributed by atoms with Crippen LogP contribution in [0, 0.1) is 5.41 Å². The average molecular weight is 216 g/mol. The van der Waals surface area contributed by atoms with Gasteiger partial charge in [0.15, 0.2) is 0 Å². The van der Waals surface area contributed by atoms with Gasteiger partial charge in [-0.1, -0.05) is 30.4 Å². The molecule has 0 saturated heterocycles. The van der Waals surface area contributed by atoms with Crippen LogP contribution < -0.4 is 4.74 Å². The monoisotopic (exact) mass is 216 g/mol. The van der Waals surface area contributed by atoms with Gasteiger partial charge in [-0.15, -0.1) is 6.58 Å². The van der Waals surface area contributed by atoms with Crippen LogP contribution in [0.15, 0.2) is 43.0 Å². The van der Waals surface area contributed by atoms with Gasteiger partial charge < -0.3 is 9.53 Å².